The Hall–Kier alpha value is -2.78. The van der Waals surface area contributed by atoms with Gasteiger partial charge in [0.05, 0.1) is 5.41 Å². The Kier molecular flexibility index (Phi) is 9.35. The van der Waals surface area contributed by atoms with Crippen LogP contribution in [0.15, 0.2) is 54.6 Å². The molecule has 0 aromatic heterocycles. The van der Waals surface area contributed by atoms with Crippen LogP contribution in [-0.2, 0) is 16.1 Å². The largest absolute Gasteiger partial charge is 0.573 e. The Bertz CT molecular complexity index is 1150. The summed E-state index contributed by atoms with van der Waals surface area (Å²) in [5.74, 6) is 0.767. The SMILES string of the molecule is CCC(=O)N1CC(CN2CCC3(CC2)CCN(Cc2ccc(OC(F)(F)F)cc2)C3=O)C(c2ccccc2)C1.Cl. The number of likely N-dealkylation sites (tertiary alicyclic amines) is 3. The van der Waals surface area contributed by atoms with Crippen LogP contribution < -0.4 is 4.74 Å². The molecule has 5 rings (SSSR count). The van der Waals surface area contributed by atoms with Gasteiger partial charge in [-0.3, -0.25) is 9.59 Å². The molecule has 0 saturated carbocycles. The monoisotopic (exact) mass is 579 g/mol. The number of benzene rings is 2. The van der Waals surface area contributed by atoms with E-state index >= 15 is 0 Å². The third kappa shape index (κ3) is 6.74. The quantitative estimate of drug-likeness (QED) is 0.436. The van der Waals surface area contributed by atoms with Gasteiger partial charge in [0.15, 0.2) is 0 Å². The minimum Gasteiger partial charge on any atom is -0.406 e. The second kappa shape index (κ2) is 12.4. The van der Waals surface area contributed by atoms with Crippen molar-refractivity contribution in [3.8, 4) is 5.75 Å². The summed E-state index contributed by atoms with van der Waals surface area (Å²) >= 11 is 0. The normalized spacial score (nSPS) is 22.9. The highest BCUT2D eigenvalue weighted by Crippen LogP contribution is 2.43. The lowest BCUT2D eigenvalue weighted by Gasteiger charge is -2.39. The van der Waals surface area contributed by atoms with Crippen molar-refractivity contribution >= 4 is 24.2 Å². The Morgan fingerprint density at radius 2 is 1.62 bits per heavy atom. The molecule has 0 aliphatic carbocycles. The van der Waals surface area contributed by atoms with Crippen LogP contribution in [0.3, 0.4) is 0 Å². The minimum absolute atomic E-state index is 0. The molecular formula is C30H37ClF3N3O3. The van der Waals surface area contributed by atoms with E-state index in [1.54, 1.807) is 12.1 Å². The molecule has 218 valence electrons. The number of carbonyl (C=O) groups excluding carboxylic acids is 2. The zero-order valence-electron chi connectivity index (χ0n) is 22.7. The summed E-state index contributed by atoms with van der Waals surface area (Å²) in [6, 6.07) is 16.2. The fourth-order valence-corrected chi connectivity index (χ4v) is 6.58. The molecule has 2 aromatic carbocycles. The van der Waals surface area contributed by atoms with Crippen LogP contribution in [-0.4, -0.2) is 72.1 Å². The molecule has 3 fully saturated rings. The summed E-state index contributed by atoms with van der Waals surface area (Å²) in [5.41, 5.74) is 1.71. The van der Waals surface area contributed by atoms with Crippen molar-refractivity contribution in [3.63, 3.8) is 0 Å². The van der Waals surface area contributed by atoms with Crippen LogP contribution in [0.1, 0.15) is 49.7 Å². The third-order valence-corrected chi connectivity index (χ3v) is 8.76. The first-order valence-electron chi connectivity index (χ1n) is 13.8. The van der Waals surface area contributed by atoms with Crippen molar-refractivity contribution in [1.82, 2.24) is 14.7 Å². The molecule has 3 heterocycles. The van der Waals surface area contributed by atoms with Crippen molar-refractivity contribution in [3.05, 3.63) is 65.7 Å². The summed E-state index contributed by atoms with van der Waals surface area (Å²) in [4.78, 5) is 32.3. The fraction of sp³-hybridized carbons (Fsp3) is 0.533. The molecule has 1 spiro atoms. The van der Waals surface area contributed by atoms with Gasteiger partial charge in [0, 0.05) is 45.1 Å². The predicted octanol–water partition coefficient (Wildman–Crippen LogP) is 5.47. The third-order valence-electron chi connectivity index (χ3n) is 8.76. The van der Waals surface area contributed by atoms with Crippen LogP contribution in [0.5, 0.6) is 5.75 Å². The number of nitrogens with zero attached hydrogens (tertiary/aromatic N) is 3. The van der Waals surface area contributed by atoms with Gasteiger partial charge in [0.25, 0.3) is 0 Å². The molecule has 2 unspecified atom stereocenters. The first-order valence-corrected chi connectivity index (χ1v) is 13.8. The lowest BCUT2D eigenvalue weighted by molar-refractivity contribution is -0.274. The number of rotatable bonds is 7. The highest BCUT2D eigenvalue weighted by molar-refractivity contribution is 5.85. The van der Waals surface area contributed by atoms with Crippen molar-refractivity contribution in [2.45, 2.75) is 51.4 Å². The van der Waals surface area contributed by atoms with Crippen molar-refractivity contribution in [2.75, 3.05) is 39.3 Å². The Morgan fingerprint density at radius 3 is 2.25 bits per heavy atom. The molecule has 40 heavy (non-hydrogen) atoms. The number of halogens is 4. The van der Waals surface area contributed by atoms with Crippen LogP contribution in [0.2, 0.25) is 0 Å². The van der Waals surface area contributed by atoms with Gasteiger partial charge in [0.1, 0.15) is 5.75 Å². The van der Waals surface area contributed by atoms with Gasteiger partial charge in [-0.1, -0.05) is 49.4 Å². The lowest BCUT2D eigenvalue weighted by atomic mass is 9.76. The van der Waals surface area contributed by atoms with Crippen LogP contribution in [0.4, 0.5) is 13.2 Å². The molecule has 10 heteroatoms. The number of hydrogen-bond acceptors (Lipinski definition) is 4. The first-order chi connectivity index (χ1) is 18.7. The summed E-state index contributed by atoms with van der Waals surface area (Å²) in [6.45, 7) is 7.10. The molecule has 2 atom stereocenters. The maximum absolute atomic E-state index is 13.5. The molecular weight excluding hydrogens is 543 g/mol. The van der Waals surface area contributed by atoms with Gasteiger partial charge in [0.2, 0.25) is 11.8 Å². The molecule has 3 aliphatic heterocycles. The molecule has 2 amide bonds. The van der Waals surface area contributed by atoms with Gasteiger partial charge in [-0.05, 0) is 61.5 Å². The van der Waals surface area contributed by atoms with E-state index in [1.165, 1.54) is 17.7 Å². The number of carbonyl (C=O) groups is 2. The topological polar surface area (TPSA) is 53.1 Å². The van der Waals surface area contributed by atoms with Gasteiger partial charge < -0.3 is 19.4 Å². The lowest BCUT2D eigenvalue weighted by Crippen LogP contribution is -2.46. The standard InChI is InChI=1S/C30H36F3N3O3.ClH/c1-2-27(37)36-20-24(26(21-36)23-6-4-3-5-7-23)19-34-15-12-29(13-16-34)14-17-35(28(29)38)18-22-8-10-25(11-9-22)39-30(31,32)33;/h3-11,24,26H,2,12-21H2,1H3;1H. The molecule has 0 N–H and O–H groups in total. The van der Waals surface area contributed by atoms with Crippen molar-refractivity contribution in [1.29, 1.82) is 0 Å². The highest BCUT2D eigenvalue weighted by atomic mass is 35.5. The molecule has 3 saturated heterocycles. The van der Waals surface area contributed by atoms with Crippen molar-refractivity contribution < 1.29 is 27.5 Å². The Balaban J connectivity index is 0.00000370. The fourth-order valence-electron chi connectivity index (χ4n) is 6.58. The first kappa shape index (κ1) is 30.2. The van der Waals surface area contributed by atoms with Crippen LogP contribution in [0, 0.1) is 11.3 Å². The van der Waals surface area contributed by atoms with Crippen molar-refractivity contribution in [2.24, 2.45) is 11.3 Å². The van der Waals surface area contributed by atoms with E-state index in [9.17, 15) is 22.8 Å². The van der Waals surface area contributed by atoms with Gasteiger partial charge in [-0.2, -0.15) is 0 Å². The number of alkyl halides is 3. The van der Waals surface area contributed by atoms with E-state index in [1.807, 2.05) is 22.8 Å². The molecule has 6 nitrogen and oxygen atoms in total. The van der Waals surface area contributed by atoms with E-state index in [-0.39, 0.29) is 35.4 Å². The van der Waals surface area contributed by atoms with E-state index in [4.69, 9.17) is 0 Å². The summed E-state index contributed by atoms with van der Waals surface area (Å²) in [5, 5.41) is 0. The molecule has 0 radical (unpaired) electrons. The number of amides is 2. The summed E-state index contributed by atoms with van der Waals surface area (Å²) in [7, 11) is 0. The number of ether oxygens (including phenoxy) is 1. The second-order valence-electron chi connectivity index (χ2n) is 11.2. The Morgan fingerprint density at radius 1 is 0.975 bits per heavy atom. The highest BCUT2D eigenvalue weighted by Gasteiger charge is 2.48. The van der Waals surface area contributed by atoms with E-state index in [2.05, 4.69) is 33.9 Å². The van der Waals surface area contributed by atoms with E-state index in [0.717, 1.165) is 57.5 Å². The smallest absolute Gasteiger partial charge is 0.406 e. The van der Waals surface area contributed by atoms with Gasteiger partial charge in [-0.25, -0.2) is 0 Å². The van der Waals surface area contributed by atoms with Gasteiger partial charge >= 0.3 is 6.36 Å². The average molecular weight is 580 g/mol. The van der Waals surface area contributed by atoms with E-state index < -0.39 is 6.36 Å². The van der Waals surface area contributed by atoms with Crippen LogP contribution in [0.25, 0.3) is 0 Å². The van der Waals surface area contributed by atoms with E-state index in [0.29, 0.717) is 31.3 Å². The maximum atomic E-state index is 13.5. The zero-order chi connectivity index (χ0) is 27.6. The molecule has 0 bridgehead atoms. The maximum Gasteiger partial charge on any atom is 0.573 e. The van der Waals surface area contributed by atoms with Gasteiger partial charge in [-0.15, -0.1) is 25.6 Å². The minimum atomic E-state index is -4.72. The average Bonchev–Trinajstić information content (AvgIpc) is 3.47. The molecule has 3 aliphatic rings. The Labute approximate surface area is 239 Å². The second-order valence-corrected chi connectivity index (χ2v) is 11.2. The zero-order valence-corrected chi connectivity index (χ0v) is 23.6. The summed E-state index contributed by atoms with van der Waals surface area (Å²) in [6.07, 6.45) is -1.78. The van der Waals surface area contributed by atoms with Crippen LogP contribution >= 0.6 is 12.4 Å². The number of hydrogen-bond donors (Lipinski definition) is 0. The number of piperidine rings is 1. The predicted molar refractivity (Wildman–Crippen MR) is 148 cm³/mol. The molecule has 2 aromatic rings. The summed E-state index contributed by atoms with van der Waals surface area (Å²) < 4.78 is 41.2.